The summed E-state index contributed by atoms with van der Waals surface area (Å²) in [6.07, 6.45) is -2.70. The predicted molar refractivity (Wildman–Crippen MR) is 89.3 cm³/mol. The summed E-state index contributed by atoms with van der Waals surface area (Å²) >= 11 is 0. The molecule has 2 aromatic carbocycles. The molecule has 0 aliphatic carbocycles. The van der Waals surface area contributed by atoms with Crippen molar-refractivity contribution in [2.45, 2.75) is 26.6 Å². The van der Waals surface area contributed by atoms with Gasteiger partial charge in [-0.25, -0.2) is 4.98 Å². The van der Waals surface area contributed by atoms with Gasteiger partial charge in [-0.15, -0.1) is 0 Å². The number of phenolic OH excluding ortho intramolecular Hbond substituents is 1. The van der Waals surface area contributed by atoms with Gasteiger partial charge in [0.05, 0.1) is 12.1 Å². The van der Waals surface area contributed by atoms with Gasteiger partial charge in [-0.05, 0) is 32.0 Å². The Bertz CT molecular complexity index is 896. The van der Waals surface area contributed by atoms with Gasteiger partial charge in [0.25, 0.3) is 0 Å². The van der Waals surface area contributed by atoms with E-state index in [2.05, 4.69) is 4.98 Å². The van der Waals surface area contributed by atoms with Gasteiger partial charge in [0.1, 0.15) is 11.6 Å². The lowest BCUT2D eigenvalue weighted by molar-refractivity contribution is -0.137. The molecule has 0 radical (unpaired) electrons. The first kappa shape index (κ1) is 17.1. The summed E-state index contributed by atoms with van der Waals surface area (Å²) in [5.74, 6) is 0.740. The summed E-state index contributed by atoms with van der Waals surface area (Å²) in [6, 6.07) is 10.3. The van der Waals surface area contributed by atoms with Gasteiger partial charge in [-0.2, -0.15) is 13.2 Å². The molecule has 25 heavy (non-hydrogen) atoms. The molecule has 0 aliphatic heterocycles. The minimum Gasteiger partial charge on any atom is -0.508 e. The fourth-order valence-corrected chi connectivity index (χ4v) is 2.71. The lowest BCUT2D eigenvalue weighted by Crippen LogP contribution is -2.06. The molecular formula is C19H17F3N2O. The van der Waals surface area contributed by atoms with Crippen molar-refractivity contribution in [2.75, 3.05) is 0 Å². The highest BCUT2D eigenvalue weighted by Gasteiger charge is 2.30. The van der Waals surface area contributed by atoms with Gasteiger partial charge in [0.15, 0.2) is 0 Å². The standard InChI is InChI=1S/C19H17F3N2O/c1-12-3-8-17(25)15(9-12)11-24-13(2)10-23-18(24)14-4-6-16(7-5-14)19(20,21)22/h3-10,25H,11H2,1-2H3. The minimum absolute atomic E-state index is 0.178. The molecule has 0 amide bonds. The molecule has 130 valence electrons. The summed E-state index contributed by atoms with van der Waals surface area (Å²) in [5.41, 5.74) is 2.50. The zero-order valence-corrected chi connectivity index (χ0v) is 13.8. The smallest absolute Gasteiger partial charge is 0.416 e. The van der Waals surface area contributed by atoms with Crippen LogP contribution in [0.5, 0.6) is 5.75 Å². The number of imidazole rings is 1. The molecule has 6 heteroatoms. The Labute approximate surface area is 143 Å². The van der Waals surface area contributed by atoms with E-state index in [4.69, 9.17) is 0 Å². The normalized spacial score (nSPS) is 11.7. The summed E-state index contributed by atoms with van der Waals surface area (Å²) in [5, 5.41) is 10.1. The van der Waals surface area contributed by atoms with Crippen molar-refractivity contribution in [1.82, 2.24) is 9.55 Å². The first-order valence-corrected chi connectivity index (χ1v) is 7.74. The van der Waals surface area contributed by atoms with Crippen molar-refractivity contribution < 1.29 is 18.3 Å². The van der Waals surface area contributed by atoms with E-state index >= 15 is 0 Å². The Morgan fingerprint density at radius 2 is 1.72 bits per heavy atom. The lowest BCUT2D eigenvalue weighted by atomic mass is 10.1. The SMILES string of the molecule is Cc1ccc(O)c(Cn2c(C)cnc2-c2ccc(C(F)(F)F)cc2)c1. The number of benzene rings is 2. The van der Waals surface area contributed by atoms with Crippen LogP contribution in [0.2, 0.25) is 0 Å². The van der Waals surface area contributed by atoms with Crippen LogP contribution in [0.25, 0.3) is 11.4 Å². The van der Waals surface area contributed by atoms with Gasteiger partial charge in [0, 0.05) is 23.0 Å². The molecule has 0 atom stereocenters. The summed E-state index contributed by atoms with van der Waals surface area (Å²) in [4.78, 5) is 4.33. The summed E-state index contributed by atoms with van der Waals surface area (Å²) < 4.78 is 40.1. The number of aromatic nitrogens is 2. The second kappa shape index (κ2) is 6.27. The number of alkyl halides is 3. The van der Waals surface area contributed by atoms with Crippen molar-refractivity contribution in [1.29, 1.82) is 0 Å². The van der Waals surface area contributed by atoms with Gasteiger partial charge in [-0.1, -0.05) is 29.8 Å². The second-order valence-electron chi connectivity index (χ2n) is 6.02. The molecular weight excluding hydrogens is 329 g/mol. The van der Waals surface area contributed by atoms with Crippen LogP contribution in [-0.4, -0.2) is 14.7 Å². The summed E-state index contributed by atoms with van der Waals surface area (Å²) in [7, 11) is 0. The maximum Gasteiger partial charge on any atom is 0.416 e. The Morgan fingerprint density at radius 1 is 1.04 bits per heavy atom. The average Bonchev–Trinajstić information content (AvgIpc) is 2.91. The molecule has 3 nitrogen and oxygen atoms in total. The van der Waals surface area contributed by atoms with Crippen molar-refractivity contribution in [3.63, 3.8) is 0 Å². The third-order valence-electron chi connectivity index (χ3n) is 4.09. The van der Waals surface area contributed by atoms with Crippen LogP contribution in [0.1, 0.15) is 22.4 Å². The van der Waals surface area contributed by atoms with E-state index in [1.54, 1.807) is 12.3 Å². The average molecular weight is 346 g/mol. The molecule has 1 heterocycles. The highest BCUT2D eigenvalue weighted by molar-refractivity contribution is 5.57. The first-order valence-electron chi connectivity index (χ1n) is 7.74. The highest BCUT2D eigenvalue weighted by atomic mass is 19.4. The largest absolute Gasteiger partial charge is 0.508 e. The van der Waals surface area contributed by atoms with Gasteiger partial charge < -0.3 is 9.67 Å². The maximum atomic E-state index is 12.7. The fourth-order valence-electron chi connectivity index (χ4n) is 2.71. The molecule has 0 bridgehead atoms. The zero-order chi connectivity index (χ0) is 18.2. The van der Waals surface area contributed by atoms with Gasteiger partial charge in [0.2, 0.25) is 0 Å². The quantitative estimate of drug-likeness (QED) is 0.729. The van der Waals surface area contributed by atoms with Crippen molar-refractivity contribution in [3.8, 4) is 17.1 Å². The third kappa shape index (κ3) is 3.52. The number of rotatable bonds is 3. The van der Waals surface area contributed by atoms with Gasteiger partial charge in [-0.3, -0.25) is 0 Å². The van der Waals surface area contributed by atoms with Crippen molar-refractivity contribution in [2.24, 2.45) is 0 Å². The summed E-state index contributed by atoms with van der Waals surface area (Å²) in [6.45, 7) is 4.18. The molecule has 1 N–H and O–H groups in total. The van der Waals surface area contributed by atoms with Crippen LogP contribution in [0.4, 0.5) is 13.2 Å². The molecule has 0 unspecified atom stereocenters. The van der Waals surface area contributed by atoms with E-state index in [1.165, 1.54) is 12.1 Å². The monoisotopic (exact) mass is 346 g/mol. The number of phenols is 1. The Morgan fingerprint density at radius 3 is 2.36 bits per heavy atom. The Balaban J connectivity index is 1.98. The third-order valence-corrected chi connectivity index (χ3v) is 4.09. The molecule has 0 saturated carbocycles. The van der Waals surface area contributed by atoms with E-state index in [9.17, 15) is 18.3 Å². The Hall–Kier alpha value is -2.76. The van der Waals surface area contributed by atoms with E-state index in [1.807, 2.05) is 30.5 Å². The number of aromatic hydroxyl groups is 1. The first-order chi connectivity index (χ1) is 11.8. The molecule has 0 spiro atoms. The zero-order valence-electron chi connectivity index (χ0n) is 13.8. The van der Waals surface area contributed by atoms with E-state index in [0.29, 0.717) is 17.9 Å². The molecule has 0 aliphatic rings. The van der Waals surface area contributed by atoms with Crippen LogP contribution in [0, 0.1) is 13.8 Å². The fraction of sp³-hybridized carbons (Fsp3) is 0.211. The van der Waals surface area contributed by atoms with Crippen LogP contribution >= 0.6 is 0 Å². The number of halogens is 3. The second-order valence-corrected chi connectivity index (χ2v) is 6.02. The van der Waals surface area contributed by atoms with Crippen molar-refractivity contribution in [3.05, 3.63) is 71.0 Å². The predicted octanol–water partition coefficient (Wildman–Crippen LogP) is 4.94. The van der Waals surface area contributed by atoms with Crippen LogP contribution < -0.4 is 0 Å². The Kier molecular flexibility index (Phi) is 4.29. The maximum absolute atomic E-state index is 12.7. The molecule has 1 aromatic heterocycles. The van der Waals surface area contributed by atoms with Crippen LogP contribution in [0.15, 0.2) is 48.7 Å². The molecule has 3 rings (SSSR count). The number of nitrogens with zero attached hydrogens (tertiary/aromatic N) is 2. The van der Waals surface area contributed by atoms with E-state index < -0.39 is 11.7 Å². The van der Waals surface area contributed by atoms with Crippen LogP contribution in [-0.2, 0) is 12.7 Å². The van der Waals surface area contributed by atoms with Crippen molar-refractivity contribution >= 4 is 0 Å². The molecule has 3 aromatic rings. The minimum atomic E-state index is -4.36. The molecule has 0 saturated heterocycles. The number of hydrogen-bond donors (Lipinski definition) is 1. The topological polar surface area (TPSA) is 38.0 Å². The molecule has 0 fully saturated rings. The highest BCUT2D eigenvalue weighted by Crippen LogP contribution is 2.31. The van der Waals surface area contributed by atoms with Crippen LogP contribution in [0.3, 0.4) is 0 Å². The van der Waals surface area contributed by atoms with Gasteiger partial charge >= 0.3 is 6.18 Å². The van der Waals surface area contributed by atoms with E-state index in [0.717, 1.165) is 29.0 Å². The van der Waals surface area contributed by atoms with E-state index in [-0.39, 0.29) is 5.75 Å². The number of hydrogen-bond acceptors (Lipinski definition) is 2. The number of aryl methyl sites for hydroxylation is 2. The lowest BCUT2D eigenvalue weighted by Gasteiger charge is -2.13.